The molecule has 122 valence electrons. The highest BCUT2D eigenvalue weighted by atomic mass is 16.6. The quantitative estimate of drug-likeness (QED) is 0.841. The zero-order valence-corrected chi connectivity index (χ0v) is 13.4. The van der Waals surface area contributed by atoms with E-state index in [4.69, 9.17) is 9.47 Å². The van der Waals surface area contributed by atoms with Gasteiger partial charge >= 0.3 is 5.97 Å². The number of esters is 1. The largest absolute Gasteiger partial charge is 0.507 e. The van der Waals surface area contributed by atoms with Gasteiger partial charge in [0, 0.05) is 10.8 Å². The minimum atomic E-state index is -0.328. The highest BCUT2D eigenvalue weighted by Gasteiger charge is 2.35. The van der Waals surface area contributed by atoms with Crippen LogP contribution in [-0.4, -0.2) is 23.3 Å². The van der Waals surface area contributed by atoms with E-state index in [2.05, 4.69) is 6.92 Å². The third kappa shape index (κ3) is 3.26. The first-order chi connectivity index (χ1) is 11.1. The summed E-state index contributed by atoms with van der Waals surface area (Å²) in [7, 11) is 0. The molecule has 23 heavy (non-hydrogen) atoms. The molecule has 1 aliphatic rings. The monoisotopic (exact) mass is 314 g/mol. The van der Waals surface area contributed by atoms with Crippen molar-refractivity contribution in [2.45, 2.75) is 44.6 Å². The van der Waals surface area contributed by atoms with Crippen LogP contribution in [0.15, 0.2) is 36.4 Å². The van der Waals surface area contributed by atoms with Gasteiger partial charge in [-0.2, -0.15) is 0 Å². The summed E-state index contributed by atoms with van der Waals surface area (Å²) >= 11 is 0. The Bertz CT molecular complexity index is 702. The molecule has 0 atom stereocenters. The van der Waals surface area contributed by atoms with Gasteiger partial charge in [-0.1, -0.05) is 31.2 Å². The van der Waals surface area contributed by atoms with Gasteiger partial charge in [-0.15, -0.1) is 0 Å². The van der Waals surface area contributed by atoms with E-state index >= 15 is 0 Å². The first-order valence-electron chi connectivity index (χ1n) is 8.19. The zero-order chi connectivity index (χ0) is 16.3. The summed E-state index contributed by atoms with van der Waals surface area (Å²) in [5, 5.41) is 11.4. The molecule has 0 spiro atoms. The Kier molecular flexibility index (Phi) is 4.42. The molecule has 2 aromatic rings. The second kappa shape index (κ2) is 6.49. The molecule has 0 saturated heterocycles. The average molecular weight is 314 g/mol. The Morgan fingerprint density at radius 3 is 2.57 bits per heavy atom. The van der Waals surface area contributed by atoms with E-state index in [-0.39, 0.29) is 23.9 Å². The minimum Gasteiger partial charge on any atom is -0.507 e. The Morgan fingerprint density at radius 2 is 1.83 bits per heavy atom. The minimum absolute atomic E-state index is 0.115. The lowest BCUT2D eigenvalue weighted by Crippen LogP contribution is -2.33. The van der Waals surface area contributed by atoms with Crippen molar-refractivity contribution >= 4 is 16.7 Å². The number of aromatic hydroxyl groups is 1. The van der Waals surface area contributed by atoms with Crippen molar-refractivity contribution in [3.8, 4) is 11.5 Å². The van der Waals surface area contributed by atoms with E-state index in [0.717, 1.165) is 37.5 Å². The van der Waals surface area contributed by atoms with Gasteiger partial charge in [0.25, 0.3) is 0 Å². The molecule has 1 saturated carbocycles. The molecular formula is C19H22O4. The second-order valence-electron chi connectivity index (χ2n) is 6.13. The summed E-state index contributed by atoms with van der Waals surface area (Å²) in [5.41, 5.74) is -0.294. The lowest BCUT2D eigenvalue weighted by molar-refractivity contribution is -0.162. The fourth-order valence-corrected chi connectivity index (χ4v) is 3.35. The number of ether oxygens (including phenoxy) is 2. The van der Waals surface area contributed by atoms with Crippen LogP contribution in [0.1, 0.15) is 39.0 Å². The molecular weight excluding hydrogens is 292 g/mol. The van der Waals surface area contributed by atoms with Crippen molar-refractivity contribution in [1.82, 2.24) is 0 Å². The van der Waals surface area contributed by atoms with Gasteiger partial charge in [-0.05, 0) is 44.2 Å². The lowest BCUT2D eigenvalue weighted by atomic mass is 9.99. The van der Waals surface area contributed by atoms with Gasteiger partial charge in [0.1, 0.15) is 17.1 Å². The summed E-state index contributed by atoms with van der Waals surface area (Å²) in [6.45, 7) is 1.95. The molecule has 1 fully saturated rings. The number of hydrogen-bond donors (Lipinski definition) is 1. The van der Waals surface area contributed by atoms with E-state index in [1.54, 1.807) is 24.3 Å². The van der Waals surface area contributed by atoms with Gasteiger partial charge in [-0.3, -0.25) is 0 Å². The van der Waals surface area contributed by atoms with Crippen molar-refractivity contribution in [2.24, 2.45) is 0 Å². The van der Waals surface area contributed by atoms with Crippen molar-refractivity contribution in [3.63, 3.8) is 0 Å². The molecule has 4 heteroatoms. The summed E-state index contributed by atoms with van der Waals surface area (Å²) in [6.07, 6.45) is 4.96. The zero-order valence-electron chi connectivity index (χ0n) is 13.4. The number of benzene rings is 2. The van der Waals surface area contributed by atoms with E-state index < -0.39 is 0 Å². The number of carbonyl (C=O) groups is 1. The first kappa shape index (κ1) is 15.7. The lowest BCUT2D eigenvalue weighted by Gasteiger charge is -2.27. The Morgan fingerprint density at radius 1 is 1.13 bits per heavy atom. The van der Waals surface area contributed by atoms with Crippen LogP contribution in [0.5, 0.6) is 11.5 Å². The fourth-order valence-electron chi connectivity index (χ4n) is 3.35. The third-order valence-electron chi connectivity index (χ3n) is 4.69. The van der Waals surface area contributed by atoms with Crippen molar-refractivity contribution in [2.75, 3.05) is 6.61 Å². The van der Waals surface area contributed by atoms with Crippen LogP contribution >= 0.6 is 0 Å². The molecule has 4 nitrogen and oxygen atoms in total. The summed E-state index contributed by atoms with van der Waals surface area (Å²) in [4.78, 5) is 12.1. The smallest absolute Gasteiger partial charge is 0.344 e. The standard InChI is InChI=1S/C19H22O4/c1-2-19(11-3-4-12-19)23-18(21)13-22-17-10-6-7-14-15(17)8-5-9-16(14)20/h5-10,20H,2-4,11-13H2,1H3. The highest BCUT2D eigenvalue weighted by molar-refractivity contribution is 5.93. The SMILES string of the molecule is CCC1(OC(=O)COc2cccc3c(O)cccc23)CCCC1. The predicted octanol–water partition coefficient (Wildman–Crippen LogP) is 4.19. The normalized spacial score (nSPS) is 16.4. The highest BCUT2D eigenvalue weighted by Crippen LogP contribution is 2.36. The van der Waals surface area contributed by atoms with Gasteiger partial charge in [0.05, 0.1) is 0 Å². The van der Waals surface area contributed by atoms with E-state index in [1.165, 1.54) is 0 Å². The summed E-state index contributed by atoms with van der Waals surface area (Å²) in [6, 6.07) is 10.7. The van der Waals surface area contributed by atoms with Gasteiger partial charge in [-0.25, -0.2) is 4.79 Å². The van der Waals surface area contributed by atoms with Crippen LogP contribution in [0.4, 0.5) is 0 Å². The Balaban J connectivity index is 1.69. The Labute approximate surface area is 136 Å². The van der Waals surface area contributed by atoms with Crippen LogP contribution in [0, 0.1) is 0 Å². The molecule has 0 aromatic heterocycles. The van der Waals surface area contributed by atoms with E-state index in [0.29, 0.717) is 11.1 Å². The van der Waals surface area contributed by atoms with Crippen LogP contribution in [0.3, 0.4) is 0 Å². The van der Waals surface area contributed by atoms with Crippen molar-refractivity contribution in [1.29, 1.82) is 0 Å². The van der Waals surface area contributed by atoms with Crippen LogP contribution in [0.25, 0.3) is 10.8 Å². The molecule has 0 radical (unpaired) electrons. The fraction of sp³-hybridized carbons (Fsp3) is 0.421. The molecule has 3 rings (SSSR count). The predicted molar refractivity (Wildman–Crippen MR) is 88.7 cm³/mol. The maximum absolute atomic E-state index is 12.1. The second-order valence-corrected chi connectivity index (χ2v) is 6.13. The number of fused-ring (bicyclic) bond motifs is 1. The number of rotatable bonds is 5. The molecule has 0 unspecified atom stereocenters. The van der Waals surface area contributed by atoms with Crippen LogP contribution in [0.2, 0.25) is 0 Å². The maximum Gasteiger partial charge on any atom is 0.344 e. The van der Waals surface area contributed by atoms with E-state index in [1.807, 2.05) is 12.1 Å². The summed E-state index contributed by atoms with van der Waals surface area (Å²) in [5.74, 6) is 0.449. The molecule has 0 amide bonds. The van der Waals surface area contributed by atoms with Gasteiger partial charge < -0.3 is 14.6 Å². The van der Waals surface area contributed by atoms with E-state index in [9.17, 15) is 9.90 Å². The number of phenolic OH excluding ortho intramolecular Hbond substituents is 1. The van der Waals surface area contributed by atoms with Crippen LogP contribution < -0.4 is 4.74 Å². The maximum atomic E-state index is 12.1. The molecule has 0 bridgehead atoms. The van der Waals surface area contributed by atoms with Crippen LogP contribution in [-0.2, 0) is 9.53 Å². The topological polar surface area (TPSA) is 55.8 Å². The molecule has 1 aliphatic carbocycles. The molecule has 1 N–H and O–H groups in total. The van der Waals surface area contributed by atoms with Crippen molar-refractivity contribution in [3.05, 3.63) is 36.4 Å². The third-order valence-corrected chi connectivity index (χ3v) is 4.69. The molecule has 0 aliphatic heterocycles. The van der Waals surface area contributed by atoms with Crippen molar-refractivity contribution < 1.29 is 19.4 Å². The number of phenols is 1. The average Bonchev–Trinajstić information content (AvgIpc) is 3.02. The van der Waals surface area contributed by atoms with Gasteiger partial charge in [0.15, 0.2) is 6.61 Å². The van der Waals surface area contributed by atoms with Gasteiger partial charge in [0.2, 0.25) is 0 Å². The number of hydrogen-bond acceptors (Lipinski definition) is 4. The summed E-state index contributed by atoms with van der Waals surface area (Å²) < 4.78 is 11.3. The molecule has 0 heterocycles. The Hall–Kier alpha value is -2.23. The number of carbonyl (C=O) groups excluding carboxylic acids is 1. The molecule has 2 aromatic carbocycles. The first-order valence-corrected chi connectivity index (χ1v) is 8.19.